The molecule has 1 saturated heterocycles. The van der Waals surface area contributed by atoms with E-state index in [-0.39, 0.29) is 48.7 Å². The molecule has 2 atom stereocenters. The molecule has 1 N–H and O–H groups in total. The molecular formula is C26H32F3N7O4. The van der Waals surface area contributed by atoms with E-state index in [1.165, 1.54) is 40.3 Å². The molecule has 0 unspecified atom stereocenters. The normalized spacial score (nSPS) is 19.1. The van der Waals surface area contributed by atoms with Crippen molar-refractivity contribution in [1.82, 2.24) is 24.5 Å². The van der Waals surface area contributed by atoms with Gasteiger partial charge in [0.2, 0.25) is 11.8 Å². The Bertz CT molecular complexity index is 1360. The van der Waals surface area contributed by atoms with Crippen LogP contribution in [0.2, 0.25) is 0 Å². The highest BCUT2D eigenvalue weighted by molar-refractivity contribution is 5.48. The van der Waals surface area contributed by atoms with Crippen molar-refractivity contribution in [3.63, 3.8) is 0 Å². The van der Waals surface area contributed by atoms with Crippen LogP contribution >= 0.6 is 0 Å². The van der Waals surface area contributed by atoms with Gasteiger partial charge in [-0.15, -0.1) is 0 Å². The van der Waals surface area contributed by atoms with Crippen molar-refractivity contribution >= 4 is 11.8 Å². The average molecular weight is 564 g/mol. The van der Waals surface area contributed by atoms with Gasteiger partial charge in [0, 0.05) is 50.2 Å². The summed E-state index contributed by atoms with van der Waals surface area (Å²) in [5.74, 6) is 0.791. The molecular weight excluding hydrogens is 531 g/mol. The smallest absolute Gasteiger partial charge is 0.408 e. The monoisotopic (exact) mass is 563 g/mol. The summed E-state index contributed by atoms with van der Waals surface area (Å²) in [4.78, 5) is 40.8. The number of morpholine rings is 1. The standard InChI is InChI=1S/C22H28F3N5O3.C4H4N2O/c1-14(2)33-19-5-4-16(11-26-19)12-30-17(22(23,24)25)6-7-29-20(31)10-18(27-21(29)30)28-8-9-32-13-15(28)3;7-4-1-2-5-3-6-4/h4-5,10-11,14-15,17H,6-9,12-13H2,1-3H3;1-3H,(H,5,6,7)/t15-,17+;/m1./s1. The summed E-state index contributed by atoms with van der Waals surface area (Å²) in [6.45, 7) is 6.98. The number of pyridine rings is 1. The van der Waals surface area contributed by atoms with Crippen LogP contribution < -0.4 is 25.7 Å². The van der Waals surface area contributed by atoms with E-state index in [2.05, 4.69) is 19.9 Å². The molecule has 0 radical (unpaired) electrons. The highest BCUT2D eigenvalue weighted by atomic mass is 19.4. The zero-order valence-electron chi connectivity index (χ0n) is 22.5. The van der Waals surface area contributed by atoms with Crippen LogP contribution in [0.25, 0.3) is 0 Å². The number of aromatic amines is 1. The van der Waals surface area contributed by atoms with Gasteiger partial charge in [0.1, 0.15) is 11.9 Å². The Labute approximate surface area is 228 Å². The van der Waals surface area contributed by atoms with Gasteiger partial charge in [-0.05, 0) is 32.8 Å². The molecule has 11 nitrogen and oxygen atoms in total. The summed E-state index contributed by atoms with van der Waals surface area (Å²) in [5, 5.41) is 0. The summed E-state index contributed by atoms with van der Waals surface area (Å²) >= 11 is 0. The predicted molar refractivity (Wildman–Crippen MR) is 142 cm³/mol. The Kier molecular flexibility index (Phi) is 9.07. The van der Waals surface area contributed by atoms with Gasteiger partial charge < -0.3 is 24.3 Å². The predicted octanol–water partition coefficient (Wildman–Crippen LogP) is 2.76. The molecule has 3 aromatic rings. The number of halogens is 3. The lowest BCUT2D eigenvalue weighted by molar-refractivity contribution is -0.153. The van der Waals surface area contributed by atoms with Crippen molar-refractivity contribution in [2.75, 3.05) is 29.6 Å². The van der Waals surface area contributed by atoms with E-state index in [9.17, 15) is 22.8 Å². The summed E-state index contributed by atoms with van der Waals surface area (Å²) in [6.07, 6.45) is -0.478. The molecule has 3 aromatic heterocycles. The third-order valence-corrected chi connectivity index (χ3v) is 6.37. The molecule has 0 spiro atoms. The second-order valence-corrected chi connectivity index (χ2v) is 9.77. The maximum atomic E-state index is 14.0. The molecule has 5 heterocycles. The molecule has 2 aliphatic rings. The zero-order chi connectivity index (χ0) is 28.9. The molecule has 14 heteroatoms. The van der Waals surface area contributed by atoms with Crippen LogP contribution in [0.5, 0.6) is 5.88 Å². The summed E-state index contributed by atoms with van der Waals surface area (Å²) < 4.78 is 54.3. The minimum Gasteiger partial charge on any atom is -0.475 e. The lowest BCUT2D eigenvalue weighted by atomic mass is 10.1. The Balaban J connectivity index is 0.000000461. The van der Waals surface area contributed by atoms with Gasteiger partial charge in [0.05, 0.1) is 31.7 Å². The highest BCUT2D eigenvalue weighted by Crippen LogP contribution is 2.35. The fourth-order valence-corrected chi connectivity index (χ4v) is 4.51. The number of nitrogens with one attached hydrogen (secondary N) is 1. The van der Waals surface area contributed by atoms with Crippen molar-refractivity contribution in [2.24, 2.45) is 0 Å². The summed E-state index contributed by atoms with van der Waals surface area (Å²) in [7, 11) is 0. The molecule has 0 amide bonds. The van der Waals surface area contributed by atoms with Crippen LogP contribution in [0.15, 0.2) is 52.6 Å². The average Bonchev–Trinajstić information content (AvgIpc) is 2.90. The van der Waals surface area contributed by atoms with Crippen LogP contribution in [-0.4, -0.2) is 68.6 Å². The molecule has 1 fully saturated rings. The molecule has 0 bridgehead atoms. The lowest BCUT2D eigenvalue weighted by Gasteiger charge is -2.40. The quantitative estimate of drug-likeness (QED) is 0.500. The number of anilines is 2. The van der Waals surface area contributed by atoms with Gasteiger partial charge in [0.25, 0.3) is 11.1 Å². The molecule has 0 saturated carbocycles. The first-order chi connectivity index (χ1) is 19.0. The maximum Gasteiger partial charge on any atom is 0.408 e. The number of fused-ring (bicyclic) bond motifs is 1. The van der Waals surface area contributed by atoms with E-state index >= 15 is 0 Å². The first kappa shape index (κ1) is 29.1. The minimum atomic E-state index is -4.47. The second kappa shape index (κ2) is 12.5. The van der Waals surface area contributed by atoms with Crippen LogP contribution in [-0.2, 0) is 17.8 Å². The van der Waals surface area contributed by atoms with Crippen LogP contribution in [0.1, 0.15) is 32.8 Å². The number of H-pyrrole nitrogens is 1. The van der Waals surface area contributed by atoms with Gasteiger partial charge >= 0.3 is 6.18 Å². The first-order valence-electron chi connectivity index (χ1n) is 12.9. The number of ether oxygens (including phenoxy) is 2. The topological polar surface area (TPSA) is 118 Å². The molecule has 2 aliphatic heterocycles. The van der Waals surface area contributed by atoms with Crippen molar-refractivity contribution in [3.8, 4) is 5.88 Å². The number of alkyl halides is 3. The maximum absolute atomic E-state index is 14.0. The Morgan fingerprint density at radius 1 is 1.20 bits per heavy atom. The van der Waals surface area contributed by atoms with Crippen molar-refractivity contribution in [2.45, 2.75) is 64.6 Å². The van der Waals surface area contributed by atoms with E-state index in [0.717, 1.165) is 0 Å². The molecule has 40 heavy (non-hydrogen) atoms. The van der Waals surface area contributed by atoms with E-state index < -0.39 is 12.2 Å². The Morgan fingerprint density at radius 2 is 2.00 bits per heavy atom. The molecule has 5 rings (SSSR count). The first-order valence-corrected chi connectivity index (χ1v) is 12.9. The van der Waals surface area contributed by atoms with E-state index in [1.54, 1.807) is 12.1 Å². The number of aromatic nitrogens is 5. The number of nitrogens with zero attached hydrogens (tertiary/aromatic N) is 6. The van der Waals surface area contributed by atoms with Gasteiger partial charge in [-0.2, -0.15) is 18.2 Å². The highest BCUT2D eigenvalue weighted by Gasteiger charge is 2.47. The van der Waals surface area contributed by atoms with Gasteiger partial charge in [-0.25, -0.2) is 9.97 Å². The van der Waals surface area contributed by atoms with Crippen molar-refractivity contribution < 1.29 is 22.6 Å². The van der Waals surface area contributed by atoms with Crippen molar-refractivity contribution in [1.29, 1.82) is 0 Å². The molecule has 0 aliphatic carbocycles. The third-order valence-electron chi connectivity index (χ3n) is 6.37. The SMILES string of the molecule is CC(C)Oc1ccc(CN2c3nc(N4CCOC[C@H]4C)cc(=O)n3CC[C@H]2C(F)(F)F)cn1.O=c1ccnc[nH]1. The fraction of sp³-hybridized carbons (Fsp3) is 0.500. The number of hydrogen-bond acceptors (Lipinski definition) is 9. The zero-order valence-corrected chi connectivity index (χ0v) is 22.5. The lowest BCUT2D eigenvalue weighted by Crippen LogP contribution is -2.52. The number of rotatable bonds is 5. The summed E-state index contributed by atoms with van der Waals surface area (Å²) in [5.41, 5.74) is 0.0846. The summed E-state index contributed by atoms with van der Waals surface area (Å²) in [6, 6.07) is 4.28. The number of hydrogen-bond donors (Lipinski definition) is 1. The van der Waals surface area contributed by atoms with Gasteiger partial charge in [-0.1, -0.05) is 6.07 Å². The Morgan fingerprint density at radius 3 is 2.58 bits per heavy atom. The van der Waals surface area contributed by atoms with Crippen molar-refractivity contribution in [3.05, 3.63) is 69.3 Å². The van der Waals surface area contributed by atoms with Crippen LogP contribution in [0.4, 0.5) is 24.9 Å². The van der Waals surface area contributed by atoms with Crippen LogP contribution in [0, 0.1) is 0 Å². The molecule has 216 valence electrons. The van der Waals surface area contributed by atoms with Crippen LogP contribution in [0.3, 0.4) is 0 Å². The van der Waals surface area contributed by atoms with E-state index in [0.29, 0.717) is 37.0 Å². The van der Waals surface area contributed by atoms with E-state index in [4.69, 9.17) is 9.47 Å². The molecule has 0 aromatic carbocycles. The Hall–Kier alpha value is -3.94. The second-order valence-electron chi connectivity index (χ2n) is 9.77. The third kappa shape index (κ3) is 7.17. The van der Waals surface area contributed by atoms with E-state index in [1.807, 2.05) is 25.7 Å². The van der Waals surface area contributed by atoms with Gasteiger partial charge in [0.15, 0.2) is 0 Å². The fourth-order valence-electron chi connectivity index (χ4n) is 4.51. The largest absolute Gasteiger partial charge is 0.475 e. The minimum absolute atomic E-state index is 0.0206. The van der Waals surface area contributed by atoms with Gasteiger partial charge in [-0.3, -0.25) is 14.2 Å².